The summed E-state index contributed by atoms with van der Waals surface area (Å²) in [5.41, 5.74) is 5.45. The number of ether oxygens (including phenoxy) is 1. The van der Waals surface area contributed by atoms with Crippen molar-refractivity contribution in [3.63, 3.8) is 0 Å². The van der Waals surface area contributed by atoms with Crippen LogP contribution < -0.4 is 10.5 Å². The maximum Gasteiger partial charge on any atom is 0.145 e. The van der Waals surface area contributed by atoms with Gasteiger partial charge in [-0.1, -0.05) is 18.2 Å². The lowest BCUT2D eigenvalue weighted by Crippen LogP contribution is -1.89. The first-order chi connectivity index (χ1) is 6.84. The molecule has 0 aliphatic carbocycles. The van der Waals surface area contributed by atoms with Crippen LogP contribution in [0.1, 0.15) is 0 Å². The molecule has 2 rings (SSSR count). The second-order valence-electron chi connectivity index (χ2n) is 2.83. The maximum absolute atomic E-state index is 5.52. The van der Waals surface area contributed by atoms with Gasteiger partial charge in [0.25, 0.3) is 0 Å². The number of benzene rings is 1. The first-order valence-electron chi connectivity index (χ1n) is 4.29. The number of aromatic nitrogens is 1. The second-order valence-corrected chi connectivity index (χ2v) is 2.83. The summed E-state index contributed by atoms with van der Waals surface area (Å²) in [6.07, 6.45) is 1.60. The number of para-hydroxylation sites is 1. The fraction of sp³-hybridized carbons (Fsp3) is 0. The number of rotatable bonds is 2. The van der Waals surface area contributed by atoms with Gasteiger partial charge in [0, 0.05) is 0 Å². The molecule has 0 unspecified atom stereocenters. The minimum atomic E-state index is 0.491. The van der Waals surface area contributed by atoms with Crippen LogP contribution in [0.2, 0.25) is 0 Å². The van der Waals surface area contributed by atoms with Crippen molar-refractivity contribution in [2.45, 2.75) is 0 Å². The van der Waals surface area contributed by atoms with E-state index in [2.05, 4.69) is 4.98 Å². The van der Waals surface area contributed by atoms with E-state index in [-0.39, 0.29) is 0 Å². The van der Waals surface area contributed by atoms with Crippen LogP contribution in [0.3, 0.4) is 0 Å². The van der Waals surface area contributed by atoms with Gasteiger partial charge in [0.15, 0.2) is 0 Å². The molecule has 0 spiro atoms. The molecule has 3 heteroatoms. The molecule has 2 N–H and O–H groups in total. The molecule has 1 aromatic heterocycles. The lowest BCUT2D eigenvalue weighted by molar-refractivity contribution is 0.480. The number of anilines is 1. The highest BCUT2D eigenvalue weighted by molar-refractivity contribution is 5.35. The van der Waals surface area contributed by atoms with E-state index < -0.39 is 0 Å². The van der Waals surface area contributed by atoms with Gasteiger partial charge in [-0.2, -0.15) is 0 Å². The highest BCUT2D eigenvalue weighted by Gasteiger charge is 1.95. The lowest BCUT2D eigenvalue weighted by atomic mass is 10.3. The Hall–Kier alpha value is -2.03. The van der Waals surface area contributed by atoms with E-state index in [0.717, 1.165) is 5.75 Å². The third kappa shape index (κ3) is 2.01. The van der Waals surface area contributed by atoms with Crippen LogP contribution in [0.15, 0.2) is 48.7 Å². The zero-order valence-corrected chi connectivity index (χ0v) is 7.55. The van der Waals surface area contributed by atoms with Gasteiger partial charge >= 0.3 is 0 Å². The van der Waals surface area contributed by atoms with Gasteiger partial charge in [-0.15, -0.1) is 0 Å². The van der Waals surface area contributed by atoms with Crippen LogP contribution in [-0.2, 0) is 0 Å². The van der Waals surface area contributed by atoms with Crippen molar-refractivity contribution in [1.82, 2.24) is 4.98 Å². The summed E-state index contributed by atoms with van der Waals surface area (Å²) >= 11 is 0. The molecule has 0 amide bonds. The molecule has 70 valence electrons. The average Bonchev–Trinajstić information content (AvgIpc) is 2.23. The average molecular weight is 186 g/mol. The number of pyridine rings is 1. The summed E-state index contributed by atoms with van der Waals surface area (Å²) in [7, 11) is 0. The smallest absolute Gasteiger partial charge is 0.145 e. The molecule has 0 saturated carbocycles. The van der Waals surface area contributed by atoms with Gasteiger partial charge in [-0.3, -0.25) is 0 Å². The summed E-state index contributed by atoms with van der Waals surface area (Å²) in [5, 5.41) is 0. The molecule has 0 saturated heterocycles. The van der Waals surface area contributed by atoms with Crippen LogP contribution in [-0.4, -0.2) is 4.98 Å². The van der Waals surface area contributed by atoms with Gasteiger partial charge in [0.05, 0.1) is 6.20 Å². The van der Waals surface area contributed by atoms with Crippen LogP contribution in [0, 0.1) is 0 Å². The van der Waals surface area contributed by atoms with Crippen molar-refractivity contribution in [3.8, 4) is 11.5 Å². The van der Waals surface area contributed by atoms with Crippen molar-refractivity contribution >= 4 is 5.82 Å². The number of hydrogen-bond acceptors (Lipinski definition) is 3. The quantitative estimate of drug-likeness (QED) is 0.783. The van der Waals surface area contributed by atoms with Crippen LogP contribution in [0.25, 0.3) is 0 Å². The minimum Gasteiger partial charge on any atom is -0.456 e. The SMILES string of the molecule is Nc1ccc(Oc2ccccc2)cn1. The van der Waals surface area contributed by atoms with E-state index in [0.29, 0.717) is 11.6 Å². The fourth-order valence-electron chi connectivity index (χ4n) is 1.08. The minimum absolute atomic E-state index is 0.491. The highest BCUT2D eigenvalue weighted by atomic mass is 16.5. The monoisotopic (exact) mass is 186 g/mol. The zero-order valence-electron chi connectivity index (χ0n) is 7.55. The number of nitrogens with two attached hydrogens (primary N) is 1. The predicted octanol–water partition coefficient (Wildman–Crippen LogP) is 2.46. The van der Waals surface area contributed by atoms with Crippen LogP contribution in [0.5, 0.6) is 11.5 Å². The largest absolute Gasteiger partial charge is 0.456 e. The van der Waals surface area contributed by atoms with Gasteiger partial charge in [0.1, 0.15) is 17.3 Å². The molecule has 0 atom stereocenters. The Bertz CT molecular complexity index is 397. The Balaban J connectivity index is 2.16. The van der Waals surface area contributed by atoms with Crippen molar-refractivity contribution in [1.29, 1.82) is 0 Å². The third-order valence-electron chi connectivity index (χ3n) is 1.74. The normalized spacial score (nSPS) is 9.71. The van der Waals surface area contributed by atoms with E-state index in [9.17, 15) is 0 Å². The molecular formula is C11H10N2O. The Labute approximate surface area is 82.2 Å². The Morgan fingerprint density at radius 3 is 2.36 bits per heavy atom. The van der Waals surface area contributed by atoms with Gasteiger partial charge in [-0.25, -0.2) is 4.98 Å². The Kier molecular flexibility index (Phi) is 2.32. The van der Waals surface area contributed by atoms with Crippen LogP contribution >= 0.6 is 0 Å². The van der Waals surface area contributed by atoms with Gasteiger partial charge in [-0.05, 0) is 24.3 Å². The van der Waals surface area contributed by atoms with Crippen molar-refractivity contribution in [2.75, 3.05) is 5.73 Å². The summed E-state index contributed by atoms with van der Waals surface area (Å²) in [4.78, 5) is 3.93. The molecular weight excluding hydrogens is 176 g/mol. The molecule has 1 heterocycles. The highest BCUT2D eigenvalue weighted by Crippen LogP contribution is 2.19. The first-order valence-corrected chi connectivity index (χ1v) is 4.29. The summed E-state index contributed by atoms with van der Waals surface area (Å²) in [6, 6.07) is 13.0. The number of nitrogen functional groups attached to an aromatic ring is 1. The van der Waals surface area contributed by atoms with E-state index in [1.807, 2.05) is 30.3 Å². The van der Waals surface area contributed by atoms with Crippen molar-refractivity contribution < 1.29 is 4.74 Å². The standard InChI is InChI=1S/C11H10N2O/c12-11-7-6-10(8-13-11)14-9-4-2-1-3-5-9/h1-8H,(H2,12,13). The van der Waals surface area contributed by atoms with Gasteiger partial charge < -0.3 is 10.5 Å². The van der Waals surface area contributed by atoms with E-state index in [1.165, 1.54) is 0 Å². The Morgan fingerprint density at radius 2 is 1.71 bits per heavy atom. The lowest BCUT2D eigenvalue weighted by Gasteiger charge is -2.04. The number of nitrogens with zero attached hydrogens (tertiary/aromatic N) is 1. The molecule has 3 nitrogen and oxygen atoms in total. The van der Waals surface area contributed by atoms with Gasteiger partial charge in [0.2, 0.25) is 0 Å². The fourth-order valence-corrected chi connectivity index (χ4v) is 1.08. The Morgan fingerprint density at radius 1 is 0.929 bits per heavy atom. The maximum atomic E-state index is 5.52. The molecule has 0 aliphatic rings. The third-order valence-corrected chi connectivity index (χ3v) is 1.74. The molecule has 14 heavy (non-hydrogen) atoms. The molecule has 0 bridgehead atoms. The van der Waals surface area contributed by atoms with E-state index >= 15 is 0 Å². The summed E-state index contributed by atoms with van der Waals surface area (Å²) in [5.74, 6) is 1.97. The molecule has 2 aromatic rings. The van der Waals surface area contributed by atoms with Crippen molar-refractivity contribution in [3.05, 3.63) is 48.7 Å². The predicted molar refractivity (Wildman–Crippen MR) is 55.2 cm³/mol. The summed E-state index contributed by atoms with van der Waals surface area (Å²) in [6.45, 7) is 0. The van der Waals surface area contributed by atoms with Crippen LogP contribution in [0.4, 0.5) is 5.82 Å². The molecule has 0 radical (unpaired) electrons. The topological polar surface area (TPSA) is 48.1 Å². The molecule has 1 aromatic carbocycles. The molecule has 0 fully saturated rings. The number of hydrogen-bond donors (Lipinski definition) is 1. The zero-order chi connectivity index (χ0) is 9.80. The molecule has 0 aliphatic heterocycles. The van der Waals surface area contributed by atoms with E-state index in [4.69, 9.17) is 10.5 Å². The first kappa shape index (κ1) is 8.56. The second kappa shape index (κ2) is 3.79. The summed E-state index contributed by atoms with van der Waals surface area (Å²) < 4.78 is 5.52. The van der Waals surface area contributed by atoms with E-state index in [1.54, 1.807) is 18.3 Å². The van der Waals surface area contributed by atoms with Crippen molar-refractivity contribution in [2.24, 2.45) is 0 Å².